The van der Waals surface area contributed by atoms with E-state index in [1.165, 1.54) is 12.5 Å². The molecule has 0 fully saturated rings. The van der Waals surface area contributed by atoms with Gasteiger partial charge in [-0.3, -0.25) is 9.78 Å². The van der Waals surface area contributed by atoms with Crippen molar-refractivity contribution in [2.45, 2.75) is 54.4 Å². The third kappa shape index (κ3) is 11.5. The minimum absolute atomic E-state index is 0.149. The van der Waals surface area contributed by atoms with Crippen molar-refractivity contribution in [3.8, 4) is 0 Å². The molecule has 118 valence electrons. The highest BCUT2D eigenvalue weighted by Crippen LogP contribution is 2.06. The Labute approximate surface area is 127 Å². The zero-order chi connectivity index (χ0) is 16.7. The molecule has 0 amide bonds. The van der Waals surface area contributed by atoms with Crippen molar-refractivity contribution in [2.75, 3.05) is 0 Å². The maximum atomic E-state index is 10.5. The van der Waals surface area contributed by atoms with Gasteiger partial charge in [0, 0.05) is 18.6 Å². The zero-order valence-corrected chi connectivity index (χ0v) is 14.2. The van der Waals surface area contributed by atoms with E-state index in [1.54, 1.807) is 18.6 Å². The molecule has 2 aromatic heterocycles. The second kappa shape index (κ2) is 14.4. The van der Waals surface area contributed by atoms with Gasteiger partial charge in [-0.1, -0.05) is 41.5 Å². The van der Waals surface area contributed by atoms with E-state index in [-0.39, 0.29) is 5.56 Å². The summed E-state index contributed by atoms with van der Waals surface area (Å²) >= 11 is 0. The molecule has 2 aromatic rings. The Hall–Kier alpha value is -2.04. The number of rotatable bonds is 1. The van der Waals surface area contributed by atoms with E-state index in [0.29, 0.717) is 5.92 Å². The predicted octanol–water partition coefficient (Wildman–Crippen LogP) is 3.73. The molecule has 0 saturated carbocycles. The van der Waals surface area contributed by atoms with Gasteiger partial charge in [0.2, 0.25) is 0 Å². The number of hydrogen-bond donors (Lipinski definition) is 1. The highest BCUT2D eigenvalue weighted by molar-refractivity contribution is 4.99. The Morgan fingerprint density at radius 2 is 1.52 bits per heavy atom. The Kier molecular flexibility index (Phi) is 14.5. The molecule has 0 unspecified atom stereocenters. The second-order valence-corrected chi connectivity index (χ2v) is 3.91. The van der Waals surface area contributed by atoms with E-state index >= 15 is 0 Å². The highest BCUT2D eigenvalue weighted by Gasteiger charge is 1.97. The van der Waals surface area contributed by atoms with Crippen LogP contribution in [0.1, 0.15) is 58.7 Å². The van der Waals surface area contributed by atoms with E-state index in [1.807, 2.05) is 48.5 Å². The van der Waals surface area contributed by atoms with Crippen molar-refractivity contribution in [1.82, 2.24) is 19.9 Å². The van der Waals surface area contributed by atoms with Gasteiger partial charge in [-0.05, 0) is 18.4 Å². The first kappa shape index (κ1) is 21.3. The first-order valence-electron chi connectivity index (χ1n) is 7.36. The van der Waals surface area contributed by atoms with Crippen LogP contribution in [-0.4, -0.2) is 19.9 Å². The van der Waals surface area contributed by atoms with Crippen LogP contribution in [0.5, 0.6) is 0 Å². The van der Waals surface area contributed by atoms with Crippen molar-refractivity contribution < 1.29 is 0 Å². The molecule has 1 N–H and O–H groups in total. The van der Waals surface area contributed by atoms with Crippen molar-refractivity contribution in [3.05, 3.63) is 52.7 Å². The minimum Gasteiger partial charge on any atom is -0.326 e. The molecule has 5 nitrogen and oxygen atoms in total. The number of nitrogens with one attached hydrogen (secondary N) is 1. The molecule has 0 aliphatic carbocycles. The fourth-order valence-electron chi connectivity index (χ4n) is 1.04. The number of aromatic amines is 1. The molecule has 5 heteroatoms. The molecule has 2 heterocycles. The quantitative estimate of drug-likeness (QED) is 0.869. The van der Waals surface area contributed by atoms with Gasteiger partial charge >= 0.3 is 0 Å². The second-order valence-electron chi connectivity index (χ2n) is 3.91. The molecule has 0 atom stereocenters. The normalized spacial score (nSPS) is 8.38. The molecule has 21 heavy (non-hydrogen) atoms. The molecular formula is C16H28N4O. The van der Waals surface area contributed by atoms with Gasteiger partial charge in [0.05, 0.1) is 11.9 Å². The standard InChI is InChI=1S/C7H10N2O.C5H6N2.2C2H6/c1-5(2)6-3-9-7(10)4-8-6;1-5-2-6-4-7-3-5;2*1-2/h3-5H,1-2H3,(H,9,10);2-4H,1H3;2*1-2H3. The molecule has 0 aliphatic heterocycles. The topological polar surface area (TPSA) is 71.5 Å². The van der Waals surface area contributed by atoms with Gasteiger partial charge in [0.15, 0.2) is 0 Å². The zero-order valence-electron chi connectivity index (χ0n) is 14.2. The summed E-state index contributed by atoms with van der Waals surface area (Å²) in [5, 5.41) is 0. The lowest BCUT2D eigenvalue weighted by Crippen LogP contribution is -2.06. The highest BCUT2D eigenvalue weighted by atomic mass is 16.1. The number of H-pyrrole nitrogens is 1. The first-order chi connectivity index (χ1) is 10.1. The van der Waals surface area contributed by atoms with Gasteiger partial charge < -0.3 is 4.98 Å². The predicted molar refractivity (Wildman–Crippen MR) is 88.4 cm³/mol. The summed E-state index contributed by atoms with van der Waals surface area (Å²) in [5.41, 5.74) is 1.87. The maximum Gasteiger partial charge on any atom is 0.266 e. The lowest BCUT2D eigenvalue weighted by molar-refractivity contribution is 0.807. The van der Waals surface area contributed by atoms with Crippen LogP contribution in [0, 0.1) is 6.92 Å². The van der Waals surface area contributed by atoms with Crippen LogP contribution >= 0.6 is 0 Å². The molecule has 0 spiro atoms. The summed E-state index contributed by atoms with van der Waals surface area (Å²) in [5.74, 6) is 0.372. The average molecular weight is 292 g/mol. The monoisotopic (exact) mass is 292 g/mol. The summed E-state index contributed by atoms with van der Waals surface area (Å²) in [7, 11) is 0. The molecule has 0 radical (unpaired) electrons. The van der Waals surface area contributed by atoms with Crippen molar-refractivity contribution in [3.63, 3.8) is 0 Å². The maximum absolute atomic E-state index is 10.5. The number of aromatic nitrogens is 4. The Morgan fingerprint density at radius 3 is 1.81 bits per heavy atom. The SMILES string of the molecule is CC.CC.CC(C)c1c[nH]c(=O)cn1.Cc1cncnc1. The lowest BCUT2D eigenvalue weighted by Gasteiger charge is -1.99. The molecule has 0 bridgehead atoms. The minimum atomic E-state index is -0.149. The van der Waals surface area contributed by atoms with Crippen LogP contribution in [0.4, 0.5) is 0 Å². The van der Waals surface area contributed by atoms with Gasteiger partial charge in [0.1, 0.15) is 6.33 Å². The van der Waals surface area contributed by atoms with E-state index in [4.69, 9.17) is 0 Å². The average Bonchev–Trinajstić information content (AvgIpc) is 2.53. The van der Waals surface area contributed by atoms with Crippen LogP contribution in [0.3, 0.4) is 0 Å². The largest absolute Gasteiger partial charge is 0.326 e. The van der Waals surface area contributed by atoms with Gasteiger partial charge in [0.25, 0.3) is 5.56 Å². The Morgan fingerprint density at radius 1 is 1.00 bits per heavy atom. The number of hydrogen-bond acceptors (Lipinski definition) is 4. The van der Waals surface area contributed by atoms with Crippen molar-refractivity contribution >= 4 is 0 Å². The smallest absolute Gasteiger partial charge is 0.266 e. The molecule has 0 aliphatic rings. The number of aryl methyl sites for hydroxylation is 1. The van der Waals surface area contributed by atoms with Crippen molar-refractivity contribution in [1.29, 1.82) is 0 Å². The first-order valence-corrected chi connectivity index (χ1v) is 7.36. The van der Waals surface area contributed by atoms with E-state index in [2.05, 4.69) is 19.9 Å². The summed E-state index contributed by atoms with van der Waals surface area (Å²) in [6.07, 6.45) is 8.01. The van der Waals surface area contributed by atoms with Crippen LogP contribution in [-0.2, 0) is 0 Å². The third-order valence-corrected chi connectivity index (χ3v) is 1.97. The fraction of sp³-hybridized carbons (Fsp3) is 0.500. The third-order valence-electron chi connectivity index (χ3n) is 1.97. The molecule has 0 aromatic carbocycles. The van der Waals surface area contributed by atoms with Crippen LogP contribution in [0.25, 0.3) is 0 Å². The number of nitrogens with zero attached hydrogens (tertiary/aromatic N) is 3. The lowest BCUT2D eigenvalue weighted by atomic mass is 10.1. The summed E-state index contributed by atoms with van der Waals surface area (Å²) in [4.78, 5) is 24.6. The molecular weight excluding hydrogens is 264 g/mol. The Bertz CT molecular complexity index is 475. The molecule has 0 saturated heterocycles. The van der Waals surface area contributed by atoms with E-state index < -0.39 is 0 Å². The van der Waals surface area contributed by atoms with E-state index in [9.17, 15) is 4.79 Å². The van der Waals surface area contributed by atoms with Crippen molar-refractivity contribution in [2.24, 2.45) is 0 Å². The van der Waals surface area contributed by atoms with Gasteiger partial charge in [-0.2, -0.15) is 0 Å². The van der Waals surface area contributed by atoms with Crippen LogP contribution < -0.4 is 5.56 Å². The summed E-state index contributed by atoms with van der Waals surface area (Å²) in [6.45, 7) is 14.0. The van der Waals surface area contributed by atoms with Gasteiger partial charge in [-0.15, -0.1) is 0 Å². The van der Waals surface area contributed by atoms with Crippen LogP contribution in [0.15, 0.2) is 35.9 Å². The van der Waals surface area contributed by atoms with Gasteiger partial charge in [-0.25, -0.2) is 9.97 Å². The fourth-order valence-corrected chi connectivity index (χ4v) is 1.04. The van der Waals surface area contributed by atoms with E-state index in [0.717, 1.165) is 11.3 Å². The summed E-state index contributed by atoms with van der Waals surface area (Å²) < 4.78 is 0. The van der Waals surface area contributed by atoms with Crippen LogP contribution in [0.2, 0.25) is 0 Å². The summed E-state index contributed by atoms with van der Waals surface area (Å²) in [6, 6.07) is 0. The molecule has 2 rings (SSSR count). The Balaban J connectivity index is 0.